The summed E-state index contributed by atoms with van der Waals surface area (Å²) in [6.45, 7) is 6.26. The number of hydrogen-bond donors (Lipinski definition) is 6. The molecule has 0 aromatic heterocycles. The van der Waals surface area contributed by atoms with Crippen molar-refractivity contribution in [3.05, 3.63) is 59.2 Å². The van der Waals surface area contributed by atoms with Crippen molar-refractivity contribution in [3.63, 3.8) is 0 Å². The van der Waals surface area contributed by atoms with E-state index in [4.69, 9.17) is 20.2 Å². The number of rotatable bonds is 23. The predicted octanol–water partition coefficient (Wildman–Crippen LogP) is 7.41. The van der Waals surface area contributed by atoms with Gasteiger partial charge in [-0.3, -0.25) is 0 Å². The first-order valence-corrected chi connectivity index (χ1v) is 22.5. The monoisotopic (exact) mass is 777 g/mol. The van der Waals surface area contributed by atoms with E-state index in [1.807, 2.05) is 19.1 Å². The number of hydrogen-bond acceptors (Lipinski definition) is 8. The van der Waals surface area contributed by atoms with Crippen LogP contribution in [0, 0.1) is 41.1 Å². The first kappa shape index (κ1) is 43.1. The van der Waals surface area contributed by atoms with Crippen molar-refractivity contribution in [1.29, 1.82) is 0 Å². The van der Waals surface area contributed by atoms with Crippen molar-refractivity contribution in [1.82, 2.24) is 5.32 Å². The summed E-state index contributed by atoms with van der Waals surface area (Å²) in [6.07, 6.45) is 26.1. The number of nitrogens with zero attached hydrogens (tertiary/aromatic N) is 1. The molecule has 3 saturated carbocycles. The molecule has 3 aliphatic carbocycles. The second kappa shape index (κ2) is 20.9. The lowest BCUT2D eigenvalue weighted by Gasteiger charge is -2.37. The van der Waals surface area contributed by atoms with Crippen molar-refractivity contribution >= 4 is 5.71 Å². The molecular formula is C47H74N3O6+. The van der Waals surface area contributed by atoms with E-state index in [9.17, 15) is 20.4 Å². The Labute approximate surface area is 337 Å². The maximum absolute atomic E-state index is 11.5. The molecule has 3 fully saturated rings. The van der Waals surface area contributed by atoms with E-state index in [1.165, 1.54) is 89.4 Å². The predicted molar refractivity (Wildman–Crippen MR) is 225 cm³/mol. The van der Waals surface area contributed by atoms with Crippen LogP contribution in [-0.2, 0) is 6.42 Å². The van der Waals surface area contributed by atoms with Gasteiger partial charge >= 0.3 is 0 Å². The minimum absolute atomic E-state index is 0.00224. The number of aliphatic hydroxyl groups excluding tert-OH is 3. The lowest BCUT2D eigenvalue weighted by atomic mass is 9.66. The van der Waals surface area contributed by atoms with E-state index in [2.05, 4.69) is 24.4 Å². The molecule has 1 aromatic rings. The third-order valence-electron chi connectivity index (χ3n) is 13.9. The lowest BCUT2D eigenvalue weighted by molar-refractivity contribution is -0.0553. The number of phenolic OH excluding ortho intramolecular Hbond substituents is 1. The molecule has 2 heterocycles. The average molecular weight is 777 g/mol. The number of benzene rings is 1. The fourth-order valence-electron chi connectivity index (χ4n) is 11.0. The molecule has 5 aliphatic rings. The van der Waals surface area contributed by atoms with Gasteiger partial charge in [-0.05, 0) is 106 Å². The minimum atomic E-state index is -0.922. The number of nitrogens with one attached hydrogen (secondary N) is 1. The molecule has 1 spiro atoms. The molecule has 0 radical (unpaired) electrons. The molecule has 1 unspecified atom stereocenters. The number of aliphatic imine (C=N–C) groups is 1. The summed E-state index contributed by atoms with van der Waals surface area (Å²) in [5, 5.41) is 45.8. The van der Waals surface area contributed by atoms with Gasteiger partial charge in [-0.2, -0.15) is 0 Å². The number of phenols is 1. The van der Waals surface area contributed by atoms with Crippen molar-refractivity contribution in [2.75, 3.05) is 32.8 Å². The summed E-state index contributed by atoms with van der Waals surface area (Å²) in [6, 6.07) is 5.45. The van der Waals surface area contributed by atoms with Crippen LogP contribution in [0.4, 0.5) is 0 Å². The number of unbranched alkanes of at least 4 members (excludes halogenated alkanes) is 3. The standard InChI is InChI=1S/C47H73N3O6/c1-3-4-5-11-33(20-23-48)12-6-7-15-45-35(30-51)25-36(56-45)18-16-34-17-19-43(53)46(24-34)55-31-44(54)41-26-38-39(29-49-28-32(2)52)37-13-10-14-40(37)47(21-8-9-22-47)27-42(38)50-41/h17,19,24-26,32-33,37,39-40,44-45,49,51-52,54,56H,3-16,18,20-23,27-31,48H2,1-2H3/p+1/t32-,33-,37-,39-,40-,44-,45?/m0/s1. The van der Waals surface area contributed by atoms with Crippen LogP contribution < -0.4 is 15.8 Å². The summed E-state index contributed by atoms with van der Waals surface area (Å²) in [5.74, 6) is 4.02. The van der Waals surface area contributed by atoms with Gasteiger partial charge in [-0.1, -0.05) is 70.8 Å². The quantitative estimate of drug-likeness (QED) is 0.0385. The number of allylic oxidation sites excluding steroid dienone is 1. The molecular weight excluding hydrogens is 703 g/mol. The zero-order valence-electron chi connectivity index (χ0n) is 34.6. The van der Waals surface area contributed by atoms with Crippen LogP contribution in [0.5, 0.6) is 11.5 Å². The molecule has 9 nitrogen and oxygen atoms in total. The number of aromatic hydroxyl groups is 1. The summed E-state index contributed by atoms with van der Waals surface area (Å²) < 4.78 is 11.1. The van der Waals surface area contributed by atoms with E-state index in [0.717, 1.165) is 80.5 Å². The van der Waals surface area contributed by atoms with Gasteiger partial charge in [0.05, 0.1) is 18.1 Å². The van der Waals surface area contributed by atoms with Gasteiger partial charge in [-0.25, -0.2) is 0 Å². The van der Waals surface area contributed by atoms with Crippen LogP contribution in [0.3, 0.4) is 0 Å². The summed E-state index contributed by atoms with van der Waals surface area (Å²) in [4.78, 5) is 5.14. The number of aliphatic hydroxyl groups is 5. The second-order valence-corrected chi connectivity index (χ2v) is 18.0. The van der Waals surface area contributed by atoms with Gasteiger partial charge in [-0.15, -0.1) is 16.6 Å². The highest BCUT2D eigenvalue weighted by Crippen LogP contribution is 2.61. The van der Waals surface area contributed by atoms with Crippen LogP contribution in [0.2, 0.25) is 0 Å². The fourth-order valence-corrected chi connectivity index (χ4v) is 11.0. The highest BCUT2D eigenvalue weighted by atomic mass is 16.5. The van der Waals surface area contributed by atoms with E-state index >= 15 is 0 Å². The van der Waals surface area contributed by atoms with Gasteiger partial charge < -0.3 is 41.0 Å². The largest absolute Gasteiger partial charge is 0.504 e. The average Bonchev–Trinajstić information content (AvgIpc) is 4.01. The van der Waals surface area contributed by atoms with Crippen LogP contribution >= 0.6 is 0 Å². The Kier molecular flexibility index (Phi) is 16.1. The van der Waals surface area contributed by atoms with Crippen molar-refractivity contribution < 1.29 is 29.9 Å². The molecule has 9 heteroatoms. The topological polar surface area (TPSA) is 153 Å². The normalized spacial score (nSPS) is 25.8. The van der Waals surface area contributed by atoms with Crippen LogP contribution in [0.25, 0.3) is 0 Å². The van der Waals surface area contributed by atoms with Gasteiger partial charge in [0.1, 0.15) is 30.4 Å². The zero-order chi connectivity index (χ0) is 39.5. The Hall–Kier alpha value is -2.53. The third kappa shape index (κ3) is 10.9. The van der Waals surface area contributed by atoms with E-state index in [0.29, 0.717) is 41.2 Å². The maximum atomic E-state index is 11.5. The molecule has 312 valence electrons. The number of fused-ring (bicyclic) bond motifs is 3. The van der Waals surface area contributed by atoms with Gasteiger partial charge in [0.25, 0.3) is 0 Å². The van der Waals surface area contributed by atoms with Crippen LogP contribution in [-0.4, -0.2) is 82.0 Å². The van der Waals surface area contributed by atoms with Crippen molar-refractivity contribution in [2.45, 2.75) is 154 Å². The molecule has 2 aliphatic heterocycles. The van der Waals surface area contributed by atoms with Crippen LogP contribution in [0.15, 0.2) is 46.6 Å². The highest BCUT2D eigenvalue weighted by Gasteiger charge is 2.58. The molecule has 7 atom stereocenters. The Balaban J connectivity index is 1.01. The van der Waals surface area contributed by atoms with Gasteiger partial charge in [0, 0.05) is 32.5 Å². The van der Waals surface area contributed by atoms with Crippen molar-refractivity contribution in [2.24, 2.45) is 39.8 Å². The Morgan fingerprint density at radius 1 is 1.09 bits per heavy atom. The Morgan fingerprint density at radius 3 is 2.64 bits per heavy atom. The first-order chi connectivity index (χ1) is 27.2. The molecule has 0 saturated heterocycles. The fraction of sp³-hybridized carbons (Fsp3) is 0.723. The molecule has 6 rings (SSSR count). The molecule has 1 aromatic carbocycles. The van der Waals surface area contributed by atoms with Gasteiger partial charge in [0.2, 0.25) is 5.70 Å². The third-order valence-corrected chi connectivity index (χ3v) is 13.9. The van der Waals surface area contributed by atoms with Crippen molar-refractivity contribution in [3.8, 4) is 11.5 Å². The first-order valence-electron chi connectivity index (χ1n) is 22.5. The second-order valence-electron chi connectivity index (χ2n) is 18.0. The number of aryl methyl sites for hydroxylation is 1. The maximum Gasteiger partial charge on any atom is 0.208 e. The van der Waals surface area contributed by atoms with Gasteiger partial charge in [0.15, 0.2) is 17.6 Å². The van der Waals surface area contributed by atoms with E-state index in [-0.39, 0.29) is 25.1 Å². The molecule has 0 amide bonds. The van der Waals surface area contributed by atoms with E-state index in [1.54, 1.807) is 6.07 Å². The number of ether oxygens (including phenoxy) is 2. The summed E-state index contributed by atoms with van der Waals surface area (Å²) in [5.41, 5.74) is 10.0. The molecule has 0 bridgehead atoms. The van der Waals surface area contributed by atoms with Crippen LogP contribution in [0.1, 0.15) is 135 Å². The smallest absolute Gasteiger partial charge is 0.208 e. The SMILES string of the molecule is CCCCC[C@H](CCN)CCCCC1[OH+][C-](CCc2ccc(O)c(OC[C@H](O)C3=C[C+]4C(=N3)CC3(CCCC3)[C@H]3CCC[C@H]3[C@@H]4CNC[C@H](C)O)c2)C=C1CO. The minimum Gasteiger partial charge on any atom is -0.504 e. The number of nitrogens with two attached hydrogens (primary N) is 1. The summed E-state index contributed by atoms with van der Waals surface area (Å²) in [7, 11) is 0. The Morgan fingerprint density at radius 2 is 1.89 bits per heavy atom. The Bertz CT molecular complexity index is 1470. The zero-order valence-corrected chi connectivity index (χ0v) is 34.6. The summed E-state index contributed by atoms with van der Waals surface area (Å²) >= 11 is 0. The molecule has 56 heavy (non-hydrogen) atoms. The lowest BCUT2D eigenvalue weighted by Crippen LogP contribution is -2.38. The highest BCUT2D eigenvalue weighted by molar-refractivity contribution is 6.03. The molecule has 8 N–H and O–H groups in total. The van der Waals surface area contributed by atoms with E-state index < -0.39 is 12.2 Å².